The van der Waals surface area contributed by atoms with Crippen LogP contribution < -0.4 is 5.32 Å². The van der Waals surface area contributed by atoms with E-state index in [9.17, 15) is 10.1 Å². The number of carbonyl (C=O) groups is 1. The fourth-order valence-electron chi connectivity index (χ4n) is 3.93. The van der Waals surface area contributed by atoms with E-state index in [2.05, 4.69) is 45.7 Å². The Morgan fingerprint density at radius 1 is 1.33 bits per heavy atom. The van der Waals surface area contributed by atoms with Crippen LogP contribution in [0, 0.1) is 18.3 Å². The lowest BCUT2D eigenvalue weighted by Gasteiger charge is -2.26. The van der Waals surface area contributed by atoms with E-state index in [0.717, 1.165) is 42.2 Å². The van der Waals surface area contributed by atoms with E-state index in [0.29, 0.717) is 16.3 Å². The lowest BCUT2D eigenvalue weighted by Crippen LogP contribution is -2.29. The first-order chi connectivity index (χ1) is 14.5. The summed E-state index contributed by atoms with van der Waals surface area (Å²) in [5, 5.41) is 17.7. The summed E-state index contributed by atoms with van der Waals surface area (Å²) in [5.41, 5.74) is 4.27. The van der Waals surface area contributed by atoms with Crippen LogP contribution in [-0.2, 0) is 19.5 Å². The highest BCUT2D eigenvalue weighted by atomic mass is 32.1. The molecule has 3 heterocycles. The minimum absolute atomic E-state index is 0.186. The average molecular weight is 420 g/mol. The van der Waals surface area contributed by atoms with E-state index in [4.69, 9.17) is 0 Å². The summed E-state index contributed by atoms with van der Waals surface area (Å²) in [6.07, 6.45) is 0.818. The van der Waals surface area contributed by atoms with Crippen LogP contribution in [0.5, 0.6) is 0 Å². The second-order valence-corrected chi connectivity index (χ2v) is 9.03. The third-order valence-corrected chi connectivity index (χ3v) is 6.50. The summed E-state index contributed by atoms with van der Waals surface area (Å²) in [6.45, 7) is 8.58. The standard InChI is InChI=1S/C23H25N5OS/c1-15(2)28-16(3)11-20(26-28)22(29)25-23-19(12-24)18-9-10-27(14-21(18)30-23)13-17-7-5-4-6-8-17/h4-8,11,15H,9-10,13-14H2,1-3H3,(H,25,29). The first-order valence-electron chi connectivity index (χ1n) is 10.1. The van der Waals surface area contributed by atoms with Crippen molar-refractivity contribution in [3.8, 4) is 6.07 Å². The Bertz CT molecular complexity index is 1110. The van der Waals surface area contributed by atoms with Crippen molar-refractivity contribution in [2.24, 2.45) is 0 Å². The molecule has 4 rings (SSSR count). The smallest absolute Gasteiger partial charge is 0.276 e. The predicted octanol–water partition coefficient (Wildman–Crippen LogP) is 4.52. The molecule has 0 aliphatic carbocycles. The Kier molecular flexibility index (Phi) is 5.71. The van der Waals surface area contributed by atoms with Crippen molar-refractivity contribution in [2.75, 3.05) is 11.9 Å². The Hall–Kier alpha value is -2.95. The lowest BCUT2D eigenvalue weighted by atomic mass is 10.0. The third kappa shape index (κ3) is 4.02. The number of nitrogens with one attached hydrogen (secondary N) is 1. The van der Waals surface area contributed by atoms with Crippen molar-refractivity contribution in [1.82, 2.24) is 14.7 Å². The first-order valence-corrected chi connectivity index (χ1v) is 11.0. The number of nitrogens with zero attached hydrogens (tertiary/aromatic N) is 4. The average Bonchev–Trinajstić information content (AvgIpc) is 3.28. The van der Waals surface area contributed by atoms with Gasteiger partial charge in [-0.05, 0) is 44.4 Å². The van der Waals surface area contributed by atoms with Crippen molar-refractivity contribution >= 4 is 22.2 Å². The first kappa shape index (κ1) is 20.3. The van der Waals surface area contributed by atoms with Crippen molar-refractivity contribution in [2.45, 2.75) is 46.3 Å². The molecule has 0 atom stereocenters. The third-order valence-electron chi connectivity index (χ3n) is 5.37. The highest BCUT2D eigenvalue weighted by molar-refractivity contribution is 7.16. The molecular weight excluding hydrogens is 394 g/mol. The Labute approximate surface area is 180 Å². The number of aryl methyl sites for hydroxylation is 1. The van der Waals surface area contributed by atoms with Gasteiger partial charge in [0.15, 0.2) is 5.69 Å². The molecule has 6 nitrogen and oxygen atoms in total. The molecule has 0 bridgehead atoms. The number of anilines is 1. The highest BCUT2D eigenvalue weighted by Gasteiger charge is 2.26. The number of rotatable bonds is 5. The maximum Gasteiger partial charge on any atom is 0.276 e. The molecule has 7 heteroatoms. The second kappa shape index (κ2) is 8.42. The normalized spacial score (nSPS) is 13.8. The van der Waals surface area contributed by atoms with Gasteiger partial charge in [-0.3, -0.25) is 14.4 Å². The molecule has 1 aliphatic heterocycles. The van der Waals surface area contributed by atoms with Crippen LogP contribution in [0.25, 0.3) is 0 Å². The predicted molar refractivity (Wildman–Crippen MR) is 119 cm³/mol. The zero-order valence-corrected chi connectivity index (χ0v) is 18.3. The van der Waals surface area contributed by atoms with Gasteiger partial charge < -0.3 is 5.32 Å². The monoisotopic (exact) mass is 419 g/mol. The molecule has 0 spiro atoms. The van der Waals surface area contributed by atoms with Gasteiger partial charge in [0, 0.05) is 36.2 Å². The Balaban J connectivity index is 1.52. The van der Waals surface area contributed by atoms with E-state index in [1.807, 2.05) is 31.5 Å². The summed E-state index contributed by atoms with van der Waals surface area (Å²) >= 11 is 1.51. The van der Waals surface area contributed by atoms with E-state index in [1.165, 1.54) is 16.9 Å². The molecule has 2 aromatic heterocycles. The van der Waals surface area contributed by atoms with E-state index in [1.54, 1.807) is 6.07 Å². The lowest BCUT2D eigenvalue weighted by molar-refractivity contribution is 0.102. The van der Waals surface area contributed by atoms with Crippen molar-refractivity contribution in [3.63, 3.8) is 0 Å². The number of hydrogen-bond acceptors (Lipinski definition) is 5. The number of carbonyl (C=O) groups excluding carboxylic acids is 1. The number of nitriles is 1. The highest BCUT2D eigenvalue weighted by Crippen LogP contribution is 2.37. The molecule has 1 aromatic carbocycles. The van der Waals surface area contributed by atoms with E-state index in [-0.39, 0.29) is 11.9 Å². The largest absolute Gasteiger partial charge is 0.311 e. The molecule has 0 saturated heterocycles. The summed E-state index contributed by atoms with van der Waals surface area (Å²) in [5.74, 6) is -0.270. The van der Waals surface area contributed by atoms with Crippen LogP contribution in [0.2, 0.25) is 0 Å². The number of aromatic nitrogens is 2. The fourth-order valence-corrected chi connectivity index (χ4v) is 5.16. The number of amides is 1. The van der Waals surface area contributed by atoms with Crippen LogP contribution in [-0.4, -0.2) is 27.1 Å². The maximum atomic E-state index is 12.8. The summed E-state index contributed by atoms with van der Waals surface area (Å²) in [7, 11) is 0. The van der Waals surface area contributed by atoms with Crippen LogP contribution in [0.1, 0.15) is 57.6 Å². The molecule has 3 aromatic rings. The zero-order valence-electron chi connectivity index (χ0n) is 17.5. The molecule has 0 saturated carbocycles. The molecule has 1 amide bonds. The molecule has 30 heavy (non-hydrogen) atoms. The minimum atomic E-state index is -0.270. The molecule has 0 fully saturated rings. The SMILES string of the molecule is Cc1cc(C(=O)Nc2sc3c(c2C#N)CCN(Cc2ccccc2)C3)nn1C(C)C. The number of benzene rings is 1. The minimum Gasteiger partial charge on any atom is -0.311 e. The van der Waals surface area contributed by atoms with Gasteiger partial charge in [0.25, 0.3) is 5.91 Å². The van der Waals surface area contributed by atoms with Gasteiger partial charge in [0.2, 0.25) is 0 Å². The summed E-state index contributed by atoms with van der Waals surface area (Å²) in [6, 6.07) is 14.7. The van der Waals surface area contributed by atoms with Crippen molar-refractivity contribution < 1.29 is 4.79 Å². The van der Waals surface area contributed by atoms with Gasteiger partial charge in [0.1, 0.15) is 11.1 Å². The fraction of sp³-hybridized carbons (Fsp3) is 0.348. The van der Waals surface area contributed by atoms with Gasteiger partial charge in [-0.2, -0.15) is 10.4 Å². The van der Waals surface area contributed by atoms with Gasteiger partial charge in [-0.1, -0.05) is 30.3 Å². The molecular formula is C23H25N5OS. The number of fused-ring (bicyclic) bond motifs is 1. The van der Waals surface area contributed by atoms with Crippen LogP contribution >= 0.6 is 11.3 Å². The second-order valence-electron chi connectivity index (χ2n) is 7.93. The molecule has 0 radical (unpaired) electrons. The van der Waals surface area contributed by atoms with E-state index >= 15 is 0 Å². The molecule has 1 N–H and O–H groups in total. The number of thiophene rings is 1. The molecule has 0 unspecified atom stereocenters. The van der Waals surface area contributed by atoms with Gasteiger partial charge in [-0.15, -0.1) is 11.3 Å². The quantitative estimate of drug-likeness (QED) is 0.660. The zero-order chi connectivity index (χ0) is 21.3. The topological polar surface area (TPSA) is 74.0 Å². The van der Waals surface area contributed by atoms with Crippen LogP contribution in [0.15, 0.2) is 36.4 Å². The Morgan fingerprint density at radius 2 is 2.10 bits per heavy atom. The molecule has 154 valence electrons. The van der Waals surface area contributed by atoms with Crippen molar-refractivity contribution in [1.29, 1.82) is 5.26 Å². The van der Waals surface area contributed by atoms with Gasteiger partial charge >= 0.3 is 0 Å². The molecule has 1 aliphatic rings. The summed E-state index contributed by atoms with van der Waals surface area (Å²) in [4.78, 5) is 16.3. The van der Waals surface area contributed by atoms with Crippen LogP contribution in [0.3, 0.4) is 0 Å². The van der Waals surface area contributed by atoms with Gasteiger partial charge in [-0.25, -0.2) is 0 Å². The van der Waals surface area contributed by atoms with Crippen LogP contribution in [0.4, 0.5) is 5.00 Å². The van der Waals surface area contributed by atoms with E-state index < -0.39 is 0 Å². The summed E-state index contributed by atoms with van der Waals surface area (Å²) < 4.78 is 1.83. The van der Waals surface area contributed by atoms with Gasteiger partial charge in [0.05, 0.1) is 5.56 Å². The maximum absolute atomic E-state index is 12.8. The van der Waals surface area contributed by atoms with Crippen molar-refractivity contribution in [3.05, 3.63) is 69.4 Å². The number of hydrogen-bond donors (Lipinski definition) is 1. The Morgan fingerprint density at radius 3 is 2.77 bits per heavy atom.